The minimum Gasteiger partial charge on any atom is -0.312 e. The molecular formula is C15H19N3S3. The average Bonchev–Trinajstić information content (AvgIpc) is 3.07. The first kappa shape index (κ1) is 15.1. The Morgan fingerprint density at radius 3 is 2.76 bits per heavy atom. The summed E-state index contributed by atoms with van der Waals surface area (Å²) in [6.07, 6.45) is 2.10. The van der Waals surface area contributed by atoms with Gasteiger partial charge in [-0.1, -0.05) is 11.3 Å². The number of fused-ring (bicyclic) bond motifs is 1. The number of hydrogen-bond donors (Lipinski definition) is 1. The van der Waals surface area contributed by atoms with Crippen molar-refractivity contribution in [3.8, 4) is 9.88 Å². The van der Waals surface area contributed by atoms with Crippen LogP contribution in [0.15, 0.2) is 17.5 Å². The molecule has 3 heterocycles. The first-order valence-electron chi connectivity index (χ1n) is 7.06. The van der Waals surface area contributed by atoms with Crippen LogP contribution in [0.5, 0.6) is 0 Å². The SMILES string of the molecule is CC(C)(C)NCCCc1nnc(-c2cc3sccc3s2)s1. The third-order valence-electron chi connectivity index (χ3n) is 3.04. The Labute approximate surface area is 137 Å². The van der Waals surface area contributed by atoms with Gasteiger partial charge in [0.05, 0.1) is 4.88 Å². The number of nitrogens with zero attached hydrogens (tertiary/aromatic N) is 2. The lowest BCUT2D eigenvalue weighted by molar-refractivity contribution is 0.422. The van der Waals surface area contributed by atoms with Crippen LogP contribution in [0.4, 0.5) is 0 Å². The highest BCUT2D eigenvalue weighted by Crippen LogP contribution is 2.37. The van der Waals surface area contributed by atoms with E-state index in [4.69, 9.17) is 0 Å². The van der Waals surface area contributed by atoms with E-state index in [0.29, 0.717) is 0 Å². The summed E-state index contributed by atoms with van der Waals surface area (Å²) in [4.78, 5) is 1.24. The van der Waals surface area contributed by atoms with Crippen LogP contribution in [0.2, 0.25) is 0 Å². The predicted molar refractivity (Wildman–Crippen MR) is 94.7 cm³/mol. The Bertz CT molecular complexity index is 689. The van der Waals surface area contributed by atoms with Crippen molar-refractivity contribution < 1.29 is 0 Å². The minimum absolute atomic E-state index is 0.189. The number of nitrogens with one attached hydrogen (secondary N) is 1. The molecule has 0 aliphatic rings. The molecule has 21 heavy (non-hydrogen) atoms. The van der Waals surface area contributed by atoms with Gasteiger partial charge in [0.15, 0.2) is 5.01 Å². The van der Waals surface area contributed by atoms with Crippen molar-refractivity contribution in [3.05, 3.63) is 22.5 Å². The van der Waals surface area contributed by atoms with Crippen molar-refractivity contribution >= 4 is 43.4 Å². The molecule has 1 N–H and O–H groups in total. The van der Waals surface area contributed by atoms with Crippen molar-refractivity contribution in [2.45, 2.75) is 39.2 Å². The van der Waals surface area contributed by atoms with Gasteiger partial charge in [-0.05, 0) is 51.2 Å². The summed E-state index contributed by atoms with van der Waals surface area (Å²) in [5.74, 6) is 0. The molecule has 0 fully saturated rings. The van der Waals surface area contributed by atoms with Gasteiger partial charge >= 0.3 is 0 Å². The van der Waals surface area contributed by atoms with Crippen molar-refractivity contribution in [1.82, 2.24) is 15.5 Å². The van der Waals surface area contributed by atoms with Gasteiger partial charge < -0.3 is 5.32 Å². The van der Waals surface area contributed by atoms with Crippen LogP contribution in [-0.2, 0) is 6.42 Å². The maximum atomic E-state index is 4.35. The summed E-state index contributed by atoms with van der Waals surface area (Å²) in [6, 6.07) is 4.41. The lowest BCUT2D eigenvalue weighted by Crippen LogP contribution is -2.36. The van der Waals surface area contributed by atoms with Crippen molar-refractivity contribution in [2.75, 3.05) is 6.54 Å². The quantitative estimate of drug-likeness (QED) is 0.679. The molecule has 0 saturated heterocycles. The predicted octanol–water partition coefficient (Wildman–Crippen LogP) is 4.80. The molecule has 0 aromatic carbocycles. The first-order chi connectivity index (χ1) is 10.0. The molecule has 0 radical (unpaired) electrons. The standard InChI is InChI=1S/C15H19N3S3/c1-15(2,3)16-7-4-5-13-17-18-14(21-13)12-9-11-10(20-12)6-8-19-11/h6,8-9,16H,4-5,7H2,1-3H3. The van der Waals surface area contributed by atoms with Crippen molar-refractivity contribution in [3.63, 3.8) is 0 Å². The Morgan fingerprint density at radius 1 is 1.14 bits per heavy atom. The molecule has 0 aliphatic carbocycles. The number of rotatable bonds is 5. The maximum absolute atomic E-state index is 4.35. The van der Waals surface area contributed by atoms with Crippen LogP contribution < -0.4 is 5.32 Å². The van der Waals surface area contributed by atoms with E-state index in [1.165, 1.54) is 14.3 Å². The van der Waals surface area contributed by atoms with Crippen LogP contribution in [0, 0.1) is 0 Å². The summed E-state index contributed by atoms with van der Waals surface area (Å²) >= 11 is 5.32. The maximum Gasteiger partial charge on any atom is 0.157 e. The third kappa shape index (κ3) is 3.88. The van der Waals surface area contributed by atoms with E-state index < -0.39 is 0 Å². The molecule has 3 aromatic heterocycles. The molecule has 3 aromatic rings. The van der Waals surface area contributed by atoms with Gasteiger partial charge in [-0.3, -0.25) is 0 Å². The normalized spacial score (nSPS) is 12.3. The van der Waals surface area contributed by atoms with Gasteiger partial charge in [0.2, 0.25) is 0 Å². The van der Waals surface area contributed by atoms with E-state index in [2.05, 4.69) is 53.8 Å². The first-order valence-corrected chi connectivity index (χ1v) is 9.57. The summed E-state index contributed by atoms with van der Waals surface area (Å²) in [6.45, 7) is 7.60. The molecule has 0 amide bonds. The number of aromatic nitrogens is 2. The fourth-order valence-corrected chi connectivity index (χ4v) is 5.06. The van der Waals surface area contributed by atoms with E-state index in [9.17, 15) is 0 Å². The van der Waals surface area contributed by atoms with E-state index in [0.717, 1.165) is 29.4 Å². The second kappa shape index (κ2) is 6.12. The van der Waals surface area contributed by atoms with Gasteiger partial charge in [-0.15, -0.1) is 32.9 Å². The average molecular weight is 338 g/mol. The van der Waals surface area contributed by atoms with Crippen LogP contribution >= 0.6 is 34.0 Å². The lowest BCUT2D eigenvalue weighted by atomic mass is 10.1. The smallest absolute Gasteiger partial charge is 0.157 e. The molecule has 0 spiro atoms. The van der Waals surface area contributed by atoms with E-state index in [1.54, 1.807) is 22.7 Å². The molecule has 0 saturated carbocycles. The minimum atomic E-state index is 0.189. The molecule has 0 unspecified atom stereocenters. The Hall–Kier alpha value is -0.820. The highest BCUT2D eigenvalue weighted by molar-refractivity contribution is 7.30. The zero-order valence-corrected chi connectivity index (χ0v) is 14.9. The fourth-order valence-electron chi connectivity index (χ4n) is 2.03. The van der Waals surface area contributed by atoms with Gasteiger partial charge in [0.25, 0.3) is 0 Å². The van der Waals surface area contributed by atoms with Crippen molar-refractivity contribution in [2.24, 2.45) is 0 Å². The largest absolute Gasteiger partial charge is 0.312 e. The van der Waals surface area contributed by atoms with Crippen LogP contribution in [-0.4, -0.2) is 22.3 Å². The zero-order chi connectivity index (χ0) is 14.9. The molecule has 0 atom stereocenters. The van der Waals surface area contributed by atoms with Gasteiger partial charge in [0, 0.05) is 21.4 Å². The molecule has 0 bridgehead atoms. The lowest BCUT2D eigenvalue weighted by Gasteiger charge is -2.20. The Morgan fingerprint density at radius 2 is 2.00 bits per heavy atom. The van der Waals surface area contributed by atoms with Crippen molar-refractivity contribution in [1.29, 1.82) is 0 Å². The van der Waals surface area contributed by atoms with E-state index >= 15 is 0 Å². The molecule has 3 rings (SSSR count). The molecule has 6 heteroatoms. The summed E-state index contributed by atoms with van der Waals surface area (Å²) in [5.41, 5.74) is 0.189. The second-order valence-electron chi connectivity index (χ2n) is 6.04. The number of aryl methyl sites for hydroxylation is 1. The Kier molecular flexibility index (Phi) is 4.40. The third-order valence-corrected chi connectivity index (χ3v) is 6.29. The van der Waals surface area contributed by atoms with E-state index in [1.807, 2.05) is 11.3 Å². The fraction of sp³-hybridized carbons (Fsp3) is 0.467. The monoisotopic (exact) mass is 337 g/mol. The van der Waals surface area contributed by atoms with Crippen LogP contribution in [0.25, 0.3) is 19.3 Å². The molecule has 112 valence electrons. The van der Waals surface area contributed by atoms with Gasteiger partial charge in [-0.2, -0.15) is 0 Å². The Balaban J connectivity index is 1.60. The van der Waals surface area contributed by atoms with Gasteiger partial charge in [0.1, 0.15) is 5.01 Å². The molecule has 3 nitrogen and oxygen atoms in total. The number of hydrogen-bond acceptors (Lipinski definition) is 6. The highest BCUT2D eigenvalue weighted by atomic mass is 32.1. The van der Waals surface area contributed by atoms with Gasteiger partial charge in [-0.25, -0.2) is 0 Å². The summed E-state index contributed by atoms with van der Waals surface area (Å²) < 4.78 is 2.70. The van der Waals surface area contributed by atoms with Crippen LogP contribution in [0.1, 0.15) is 32.2 Å². The summed E-state index contributed by atoms with van der Waals surface area (Å²) in [7, 11) is 0. The zero-order valence-electron chi connectivity index (χ0n) is 12.5. The van der Waals surface area contributed by atoms with Crippen LogP contribution in [0.3, 0.4) is 0 Å². The summed E-state index contributed by atoms with van der Waals surface area (Å²) in [5, 5.41) is 16.5. The number of thiophene rings is 2. The topological polar surface area (TPSA) is 37.8 Å². The van der Waals surface area contributed by atoms with E-state index in [-0.39, 0.29) is 5.54 Å². The molecule has 0 aliphatic heterocycles. The second-order valence-corrected chi connectivity index (χ2v) is 9.13. The highest BCUT2D eigenvalue weighted by Gasteiger charge is 2.11. The molecular weight excluding hydrogens is 318 g/mol.